The maximum absolute atomic E-state index is 6.59. The average Bonchev–Trinajstić information content (AvgIpc) is 2.87. The van der Waals surface area contributed by atoms with E-state index in [0.717, 1.165) is 42.3 Å². The zero-order valence-corrected chi connectivity index (χ0v) is 15.3. The lowest BCUT2D eigenvalue weighted by Crippen LogP contribution is -2.14. The van der Waals surface area contributed by atoms with Gasteiger partial charge in [-0.3, -0.25) is 0 Å². The molecule has 0 fully saturated rings. The molecule has 0 aliphatic heterocycles. The van der Waals surface area contributed by atoms with E-state index in [2.05, 4.69) is 63.6 Å². The Morgan fingerprint density at radius 1 is 1.24 bits per heavy atom. The van der Waals surface area contributed by atoms with Crippen LogP contribution >= 0.6 is 38.5 Å². The molecule has 0 aliphatic rings. The standard InChI is InChI=1S/C17H15BrINO/c1-2-14-16(11-5-3-4-6-15(11)21-14)17(20)12-9-10(18)7-8-13(12)19/h3-9,17H,2,20H2,1H3. The maximum Gasteiger partial charge on any atom is 0.134 e. The lowest BCUT2D eigenvalue weighted by Gasteiger charge is -2.15. The summed E-state index contributed by atoms with van der Waals surface area (Å²) in [6.45, 7) is 2.10. The first-order valence-electron chi connectivity index (χ1n) is 6.82. The Labute approximate surface area is 146 Å². The average molecular weight is 456 g/mol. The molecule has 1 aromatic heterocycles. The quantitative estimate of drug-likeness (QED) is 0.536. The van der Waals surface area contributed by atoms with E-state index in [0.29, 0.717) is 0 Å². The highest BCUT2D eigenvalue weighted by molar-refractivity contribution is 14.1. The number of rotatable bonds is 3. The molecular weight excluding hydrogens is 441 g/mol. The van der Waals surface area contributed by atoms with Gasteiger partial charge in [0, 0.05) is 25.4 Å². The van der Waals surface area contributed by atoms with E-state index < -0.39 is 0 Å². The van der Waals surface area contributed by atoms with Gasteiger partial charge < -0.3 is 10.2 Å². The zero-order valence-electron chi connectivity index (χ0n) is 11.6. The Morgan fingerprint density at radius 2 is 2.00 bits per heavy atom. The summed E-state index contributed by atoms with van der Waals surface area (Å²) in [5.74, 6) is 0.972. The van der Waals surface area contributed by atoms with Crippen molar-refractivity contribution in [2.45, 2.75) is 19.4 Å². The van der Waals surface area contributed by atoms with E-state index in [1.54, 1.807) is 0 Å². The summed E-state index contributed by atoms with van der Waals surface area (Å²) < 4.78 is 8.17. The number of para-hydroxylation sites is 1. The number of fused-ring (bicyclic) bond motifs is 1. The minimum atomic E-state index is -0.187. The van der Waals surface area contributed by atoms with Gasteiger partial charge in [0.05, 0.1) is 6.04 Å². The van der Waals surface area contributed by atoms with Crippen LogP contribution in [-0.2, 0) is 6.42 Å². The Bertz CT molecular complexity index is 797. The Hall–Kier alpha value is -0.850. The largest absolute Gasteiger partial charge is 0.461 e. The van der Waals surface area contributed by atoms with Crippen molar-refractivity contribution < 1.29 is 4.42 Å². The molecular formula is C17H15BrINO. The van der Waals surface area contributed by atoms with E-state index in [4.69, 9.17) is 10.2 Å². The van der Waals surface area contributed by atoms with Crippen molar-refractivity contribution in [3.05, 3.63) is 67.4 Å². The Kier molecular flexibility index (Phi) is 4.38. The second-order valence-corrected chi connectivity index (χ2v) is 7.01. The number of furan rings is 1. The second-order valence-electron chi connectivity index (χ2n) is 4.93. The first kappa shape index (κ1) is 15.1. The predicted molar refractivity (Wildman–Crippen MR) is 98.5 cm³/mol. The monoisotopic (exact) mass is 455 g/mol. The van der Waals surface area contributed by atoms with E-state index >= 15 is 0 Å². The number of aryl methyl sites for hydroxylation is 1. The minimum absolute atomic E-state index is 0.187. The molecule has 2 N–H and O–H groups in total. The molecule has 0 bridgehead atoms. The summed E-state index contributed by atoms with van der Waals surface area (Å²) in [5, 5.41) is 1.11. The molecule has 0 amide bonds. The summed E-state index contributed by atoms with van der Waals surface area (Å²) in [4.78, 5) is 0. The van der Waals surface area contributed by atoms with Crippen LogP contribution in [0.5, 0.6) is 0 Å². The molecule has 3 aromatic rings. The third kappa shape index (κ3) is 2.76. The molecule has 2 aromatic carbocycles. The van der Waals surface area contributed by atoms with Crippen molar-refractivity contribution in [1.29, 1.82) is 0 Å². The van der Waals surface area contributed by atoms with Crippen molar-refractivity contribution in [3.63, 3.8) is 0 Å². The molecule has 0 saturated heterocycles. The third-order valence-electron chi connectivity index (χ3n) is 3.64. The van der Waals surface area contributed by atoms with Crippen LogP contribution in [-0.4, -0.2) is 0 Å². The van der Waals surface area contributed by atoms with Crippen LogP contribution in [0, 0.1) is 3.57 Å². The molecule has 0 saturated carbocycles. The number of hydrogen-bond acceptors (Lipinski definition) is 2. The molecule has 4 heteroatoms. The van der Waals surface area contributed by atoms with E-state index in [1.807, 2.05) is 24.3 Å². The topological polar surface area (TPSA) is 39.2 Å². The van der Waals surface area contributed by atoms with E-state index in [9.17, 15) is 0 Å². The molecule has 1 unspecified atom stereocenters. The van der Waals surface area contributed by atoms with E-state index in [-0.39, 0.29) is 6.04 Å². The Balaban J connectivity index is 2.21. The SMILES string of the molecule is CCc1oc2ccccc2c1C(N)c1cc(Br)ccc1I. The summed E-state index contributed by atoms with van der Waals surface area (Å²) >= 11 is 5.86. The fourth-order valence-electron chi connectivity index (χ4n) is 2.63. The van der Waals surface area contributed by atoms with Gasteiger partial charge in [0.2, 0.25) is 0 Å². The van der Waals surface area contributed by atoms with Crippen LogP contribution < -0.4 is 5.73 Å². The smallest absolute Gasteiger partial charge is 0.134 e. The van der Waals surface area contributed by atoms with Crippen LogP contribution in [0.2, 0.25) is 0 Å². The van der Waals surface area contributed by atoms with E-state index in [1.165, 1.54) is 0 Å². The van der Waals surface area contributed by atoms with Crippen molar-refractivity contribution in [2.75, 3.05) is 0 Å². The summed E-state index contributed by atoms with van der Waals surface area (Å²) in [6.07, 6.45) is 0.836. The zero-order chi connectivity index (χ0) is 15.0. The summed E-state index contributed by atoms with van der Waals surface area (Å²) in [5.41, 5.74) is 9.71. The summed E-state index contributed by atoms with van der Waals surface area (Å²) in [6, 6.07) is 14.1. The highest BCUT2D eigenvalue weighted by Crippen LogP contribution is 2.35. The molecule has 3 rings (SSSR count). The third-order valence-corrected chi connectivity index (χ3v) is 5.11. The fourth-order valence-corrected chi connectivity index (χ4v) is 3.68. The van der Waals surface area contributed by atoms with Gasteiger partial charge in [-0.05, 0) is 52.4 Å². The first-order valence-corrected chi connectivity index (χ1v) is 8.69. The van der Waals surface area contributed by atoms with Gasteiger partial charge in [-0.15, -0.1) is 0 Å². The van der Waals surface area contributed by atoms with Gasteiger partial charge in [-0.1, -0.05) is 41.1 Å². The molecule has 2 nitrogen and oxygen atoms in total. The molecule has 1 atom stereocenters. The fraction of sp³-hybridized carbons (Fsp3) is 0.176. The van der Waals surface area contributed by atoms with Crippen LogP contribution in [0.4, 0.5) is 0 Å². The van der Waals surface area contributed by atoms with Crippen LogP contribution in [0.3, 0.4) is 0 Å². The Morgan fingerprint density at radius 3 is 2.76 bits per heavy atom. The predicted octanol–water partition coefficient (Wildman–Crippen LogP) is 5.41. The number of benzene rings is 2. The minimum Gasteiger partial charge on any atom is -0.461 e. The van der Waals surface area contributed by atoms with Crippen molar-refractivity contribution in [2.24, 2.45) is 5.73 Å². The molecule has 0 radical (unpaired) electrons. The highest BCUT2D eigenvalue weighted by Gasteiger charge is 2.21. The van der Waals surface area contributed by atoms with Gasteiger partial charge in [-0.2, -0.15) is 0 Å². The molecule has 1 heterocycles. The maximum atomic E-state index is 6.59. The number of hydrogen-bond donors (Lipinski definition) is 1. The van der Waals surface area contributed by atoms with Crippen LogP contribution in [0.25, 0.3) is 11.0 Å². The number of halogens is 2. The molecule has 21 heavy (non-hydrogen) atoms. The van der Waals surface area contributed by atoms with Crippen LogP contribution in [0.1, 0.15) is 29.9 Å². The molecule has 0 spiro atoms. The van der Waals surface area contributed by atoms with Gasteiger partial charge >= 0.3 is 0 Å². The molecule has 108 valence electrons. The summed E-state index contributed by atoms with van der Waals surface area (Å²) in [7, 11) is 0. The molecule has 0 aliphatic carbocycles. The van der Waals surface area contributed by atoms with Crippen molar-refractivity contribution in [3.8, 4) is 0 Å². The van der Waals surface area contributed by atoms with Crippen LogP contribution in [0.15, 0.2) is 51.4 Å². The van der Waals surface area contributed by atoms with Gasteiger partial charge in [0.15, 0.2) is 0 Å². The lowest BCUT2D eigenvalue weighted by molar-refractivity contribution is 0.546. The number of nitrogens with two attached hydrogens (primary N) is 1. The van der Waals surface area contributed by atoms with Gasteiger partial charge in [0.25, 0.3) is 0 Å². The van der Waals surface area contributed by atoms with Gasteiger partial charge in [-0.25, -0.2) is 0 Å². The normalized spacial score (nSPS) is 12.8. The van der Waals surface area contributed by atoms with Crippen molar-refractivity contribution in [1.82, 2.24) is 0 Å². The first-order chi connectivity index (χ1) is 10.1. The van der Waals surface area contributed by atoms with Gasteiger partial charge in [0.1, 0.15) is 11.3 Å². The second kappa shape index (κ2) is 6.10. The highest BCUT2D eigenvalue weighted by atomic mass is 127. The lowest BCUT2D eigenvalue weighted by atomic mass is 9.96. The van der Waals surface area contributed by atoms with Crippen molar-refractivity contribution >= 4 is 49.5 Å².